The summed E-state index contributed by atoms with van der Waals surface area (Å²) in [6, 6.07) is 0. The van der Waals surface area contributed by atoms with Crippen molar-refractivity contribution < 1.29 is 29.1 Å². The number of allylic oxidation sites excluding steroid dienone is 4. The lowest BCUT2D eigenvalue weighted by Crippen LogP contribution is -1.93. The quantitative estimate of drug-likeness (QED) is 0.239. The molecule has 6 nitrogen and oxygen atoms in total. The fourth-order valence-electron chi connectivity index (χ4n) is 0.456. The molecule has 0 radical (unpaired) electrons. The SMILES string of the molecule is C=C(O)/C=C/C(=O)C=O.CC(=O)/C=C/C(=O)C=O. The summed E-state index contributed by atoms with van der Waals surface area (Å²) in [5.74, 6) is -1.87. The molecule has 0 rings (SSSR count). The van der Waals surface area contributed by atoms with Gasteiger partial charge in [0.1, 0.15) is 5.76 Å². The molecule has 96 valence electrons. The van der Waals surface area contributed by atoms with E-state index in [9.17, 15) is 24.0 Å². The second-order valence-corrected chi connectivity index (χ2v) is 2.81. The third-order valence-corrected chi connectivity index (χ3v) is 1.15. The number of hydrogen-bond donors (Lipinski definition) is 1. The van der Waals surface area contributed by atoms with Gasteiger partial charge in [-0.15, -0.1) is 0 Å². The highest BCUT2D eigenvalue weighted by molar-refractivity contribution is 6.31. The maximum atomic E-state index is 10.1. The van der Waals surface area contributed by atoms with Crippen molar-refractivity contribution in [1.82, 2.24) is 0 Å². The third-order valence-electron chi connectivity index (χ3n) is 1.15. The van der Waals surface area contributed by atoms with Gasteiger partial charge in [-0.3, -0.25) is 24.0 Å². The second kappa shape index (κ2) is 10.9. The maximum Gasteiger partial charge on any atom is 0.218 e. The van der Waals surface area contributed by atoms with Crippen LogP contribution in [-0.2, 0) is 24.0 Å². The molecule has 0 bridgehead atoms. The van der Waals surface area contributed by atoms with E-state index in [1.807, 2.05) is 0 Å². The van der Waals surface area contributed by atoms with E-state index in [4.69, 9.17) is 5.11 Å². The van der Waals surface area contributed by atoms with Gasteiger partial charge in [0, 0.05) is 0 Å². The Morgan fingerprint density at radius 1 is 0.889 bits per heavy atom. The molecule has 0 fully saturated rings. The first-order chi connectivity index (χ1) is 8.33. The summed E-state index contributed by atoms with van der Waals surface area (Å²) in [4.78, 5) is 49.5. The molecule has 0 aromatic carbocycles. The summed E-state index contributed by atoms with van der Waals surface area (Å²) in [5.41, 5.74) is 0. The van der Waals surface area contributed by atoms with Crippen molar-refractivity contribution in [3.8, 4) is 0 Å². The van der Waals surface area contributed by atoms with Crippen LogP contribution >= 0.6 is 0 Å². The van der Waals surface area contributed by atoms with Crippen molar-refractivity contribution in [2.24, 2.45) is 0 Å². The van der Waals surface area contributed by atoms with E-state index in [2.05, 4.69) is 6.58 Å². The fourth-order valence-corrected chi connectivity index (χ4v) is 0.456. The minimum absolute atomic E-state index is 0.152. The number of carbonyl (C=O) groups excluding carboxylic acids is 5. The van der Waals surface area contributed by atoms with Crippen molar-refractivity contribution in [1.29, 1.82) is 0 Å². The summed E-state index contributed by atoms with van der Waals surface area (Å²) in [5, 5.41) is 8.35. The lowest BCUT2D eigenvalue weighted by Gasteiger charge is -1.79. The first-order valence-electron chi connectivity index (χ1n) is 4.56. The lowest BCUT2D eigenvalue weighted by atomic mass is 10.3. The van der Waals surface area contributed by atoms with Gasteiger partial charge in [0.25, 0.3) is 0 Å². The highest BCUT2D eigenvalue weighted by Gasteiger charge is 1.89. The van der Waals surface area contributed by atoms with Gasteiger partial charge in [0.2, 0.25) is 11.6 Å². The Hall–Kier alpha value is -2.63. The molecule has 0 saturated carbocycles. The van der Waals surface area contributed by atoms with Gasteiger partial charge in [-0.25, -0.2) is 0 Å². The smallest absolute Gasteiger partial charge is 0.218 e. The van der Waals surface area contributed by atoms with Crippen LogP contribution < -0.4 is 0 Å². The van der Waals surface area contributed by atoms with Crippen molar-refractivity contribution in [2.45, 2.75) is 6.92 Å². The van der Waals surface area contributed by atoms with Crippen molar-refractivity contribution in [3.63, 3.8) is 0 Å². The predicted octanol–water partition coefficient (Wildman–Crippen LogP) is 0.282. The lowest BCUT2D eigenvalue weighted by molar-refractivity contribution is -0.126. The van der Waals surface area contributed by atoms with Crippen molar-refractivity contribution in [2.75, 3.05) is 0 Å². The molecular weight excluding hydrogens is 240 g/mol. The number of ketones is 3. The first kappa shape index (κ1) is 17.8. The van der Waals surface area contributed by atoms with Crippen LogP contribution in [0.1, 0.15) is 6.92 Å². The van der Waals surface area contributed by atoms with Gasteiger partial charge in [-0.2, -0.15) is 0 Å². The zero-order chi connectivity index (χ0) is 14.6. The summed E-state index contributed by atoms with van der Waals surface area (Å²) in [7, 11) is 0. The average Bonchev–Trinajstić information content (AvgIpc) is 2.33. The molecule has 0 aromatic heterocycles. The minimum Gasteiger partial charge on any atom is -0.509 e. The van der Waals surface area contributed by atoms with Gasteiger partial charge in [0.15, 0.2) is 18.4 Å². The number of aliphatic hydroxyl groups excluding tert-OH is 1. The summed E-state index contributed by atoms with van der Waals surface area (Å²) >= 11 is 0. The number of aldehydes is 2. The zero-order valence-electron chi connectivity index (χ0n) is 9.66. The van der Waals surface area contributed by atoms with E-state index < -0.39 is 11.6 Å². The van der Waals surface area contributed by atoms with Crippen molar-refractivity contribution in [3.05, 3.63) is 36.6 Å². The van der Waals surface area contributed by atoms with Crippen LogP contribution in [0, 0.1) is 0 Å². The Labute approximate surface area is 103 Å². The highest BCUT2D eigenvalue weighted by atomic mass is 16.3. The number of hydrogen-bond acceptors (Lipinski definition) is 6. The number of aliphatic hydroxyl groups is 1. The largest absolute Gasteiger partial charge is 0.509 e. The molecule has 0 heterocycles. The van der Waals surface area contributed by atoms with E-state index in [0.29, 0.717) is 0 Å². The molecule has 0 aliphatic carbocycles. The molecule has 18 heavy (non-hydrogen) atoms. The molecule has 6 heteroatoms. The number of carbonyl (C=O) groups is 5. The normalized spacial score (nSPS) is 9.39. The summed E-state index contributed by atoms with van der Waals surface area (Å²) < 4.78 is 0. The fraction of sp³-hybridized carbons (Fsp3) is 0.0833. The van der Waals surface area contributed by atoms with Crippen LogP contribution in [0.15, 0.2) is 36.6 Å². The predicted molar refractivity (Wildman–Crippen MR) is 62.9 cm³/mol. The molecule has 0 spiro atoms. The molecular formula is C12H12O6. The van der Waals surface area contributed by atoms with Gasteiger partial charge in [-0.1, -0.05) is 6.58 Å². The summed E-state index contributed by atoms with van der Waals surface area (Å²) in [6.07, 6.45) is 4.29. The molecule has 0 aliphatic rings. The van der Waals surface area contributed by atoms with E-state index in [1.165, 1.54) is 6.92 Å². The average molecular weight is 252 g/mol. The topological polar surface area (TPSA) is 106 Å². The molecule has 0 aromatic rings. The molecule has 0 saturated heterocycles. The van der Waals surface area contributed by atoms with Crippen LogP contribution in [0.25, 0.3) is 0 Å². The molecule has 0 amide bonds. The Kier molecular flexibility index (Phi) is 10.7. The Morgan fingerprint density at radius 2 is 1.28 bits per heavy atom. The highest BCUT2D eigenvalue weighted by Crippen LogP contribution is 1.83. The van der Waals surface area contributed by atoms with Gasteiger partial charge < -0.3 is 5.11 Å². The van der Waals surface area contributed by atoms with Gasteiger partial charge >= 0.3 is 0 Å². The molecule has 1 N–H and O–H groups in total. The van der Waals surface area contributed by atoms with E-state index in [-0.39, 0.29) is 24.1 Å². The van der Waals surface area contributed by atoms with Crippen molar-refractivity contribution >= 4 is 29.9 Å². The van der Waals surface area contributed by atoms with Crippen LogP contribution in [-0.4, -0.2) is 35.0 Å². The summed E-state index contributed by atoms with van der Waals surface area (Å²) in [6.45, 7) is 4.36. The zero-order valence-corrected chi connectivity index (χ0v) is 9.66. The van der Waals surface area contributed by atoms with Crippen LogP contribution in [0.2, 0.25) is 0 Å². The Morgan fingerprint density at radius 3 is 1.56 bits per heavy atom. The van der Waals surface area contributed by atoms with Crippen LogP contribution in [0.5, 0.6) is 0 Å². The van der Waals surface area contributed by atoms with Crippen LogP contribution in [0.3, 0.4) is 0 Å². The van der Waals surface area contributed by atoms with Gasteiger partial charge in [-0.05, 0) is 31.2 Å². The first-order valence-corrected chi connectivity index (χ1v) is 4.56. The van der Waals surface area contributed by atoms with Crippen LogP contribution in [0.4, 0.5) is 0 Å². The second-order valence-electron chi connectivity index (χ2n) is 2.81. The monoisotopic (exact) mass is 252 g/mol. The maximum absolute atomic E-state index is 10.1. The minimum atomic E-state index is -0.690. The number of rotatable bonds is 6. The molecule has 0 aliphatic heterocycles. The van der Waals surface area contributed by atoms with E-state index >= 15 is 0 Å². The Bertz CT molecular complexity index is 374. The van der Waals surface area contributed by atoms with Gasteiger partial charge in [0.05, 0.1) is 0 Å². The molecule has 0 unspecified atom stereocenters. The van der Waals surface area contributed by atoms with E-state index in [1.54, 1.807) is 0 Å². The van der Waals surface area contributed by atoms with E-state index in [0.717, 1.165) is 24.3 Å². The standard InChI is InChI=1S/2C6H6O3/c2*1-5(8)2-3-6(9)4-7/h2-4H,1H3;2-4,8H,1H2/b2*3-2+. The third kappa shape index (κ3) is 15.8. The Balaban J connectivity index is 0. The molecule has 0 atom stereocenters.